The van der Waals surface area contributed by atoms with Gasteiger partial charge in [-0.15, -0.1) is 0 Å². The minimum Gasteiger partial charge on any atom is -0.381 e. The first-order chi connectivity index (χ1) is 9.11. The van der Waals surface area contributed by atoms with Crippen LogP contribution in [-0.2, 0) is 13.0 Å². The number of hydrogen-bond donors (Lipinski definition) is 1. The Morgan fingerprint density at radius 2 is 1.84 bits per heavy atom. The maximum absolute atomic E-state index is 6.03. The molecule has 1 N–H and O–H groups in total. The van der Waals surface area contributed by atoms with E-state index in [1.165, 1.54) is 16.8 Å². The quantitative estimate of drug-likeness (QED) is 0.787. The maximum Gasteiger partial charge on any atom is 0.0595 e. The van der Waals surface area contributed by atoms with Gasteiger partial charge in [0.05, 0.1) is 10.0 Å². The molecule has 0 amide bonds. The van der Waals surface area contributed by atoms with E-state index in [0.717, 1.165) is 18.5 Å². The zero-order chi connectivity index (χ0) is 13.8. The van der Waals surface area contributed by atoms with E-state index in [4.69, 9.17) is 23.2 Å². The lowest BCUT2D eigenvalue weighted by molar-refractivity contribution is 1.08. The molecule has 1 nitrogen and oxygen atoms in total. The SMILES string of the molecule is CCc1cccc(C)c1NCc1ccc(Cl)c(Cl)c1. The molecule has 100 valence electrons. The number of rotatable bonds is 4. The van der Waals surface area contributed by atoms with E-state index in [1.54, 1.807) is 0 Å². The number of anilines is 1. The summed E-state index contributed by atoms with van der Waals surface area (Å²) in [5.74, 6) is 0. The van der Waals surface area contributed by atoms with Gasteiger partial charge in [-0.2, -0.15) is 0 Å². The molecule has 0 atom stereocenters. The zero-order valence-corrected chi connectivity index (χ0v) is 12.6. The van der Waals surface area contributed by atoms with Crippen molar-refractivity contribution in [3.63, 3.8) is 0 Å². The molecule has 19 heavy (non-hydrogen) atoms. The number of hydrogen-bond acceptors (Lipinski definition) is 1. The minimum absolute atomic E-state index is 0.593. The molecule has 0 aliphatic heterocycles. The predicted octanol–water partition coefficient (Wildman–Crippen LogP) is 5.48. The Kier molecular flexibility index (Phi) is 4.73. The van der Waals surface area contributed by atoms with Crippen LogP contribution in [0.15, 0.2) is 36.4 Å². The van der Waals surface area contributed by atoms with E-state index in [2.05, 4.69) is 37.4 Å². The molecule has 0 aliphatic rings. The summed E-state index contributed by atoms with van der Waals surface area (Å²) in [5, 5.41) is 4.69. The Labute approximate surface area is 124 Å². The summed E-state index contributed by atoms with van der Waals surface area (Å²) >= 11 is 11.9. The fourth-order valence-electron chi connectivity index (χ4n) is 2.12. The molecule has 0 radical (unpaired) electrons. The Morgan fingerprint density at radius 3 is 2.53 bits per heavy atom. The van der Waals surface area contributed by atoms with Gasteiger partial charge in [0.1, 0.15) is 0 Å². The summed E-state index contributed by atoms with van der Waals surface area (Å²) < 4.78 is 0. The fourth-order valence-corrected chi connectivity index (χ4v) is 2.44. The van der Waals surface area contributed by atoms with Crippen LogP contribution in [0, 0.1) is 6.92 Å². The lowest BCUT2D eigenvalue weighted by Crippen LogP contribution is -2.04. The van der Waals surface area contributed by atoms with Crippen molar-refractivity contribution in [1.82, 2.24) is 0 Å². The average Bonchev–Trinajstić information content (AvgIpc) is 2.41. The summed E-state index contributed by atoms with van der Waals surface area (Å²) in [4.78, 5) is 0. The van der Waals surface area contributed by atoms with Gasteiger partial charge in [0.2, 0.25) is 0 Å². The third-order valence-corrected chi connectivity index (χ3v) is 3.93. The number of nitrogens with one attached hydrogen (secondary N) is 1. The molecule has 0 fully saturated rings. The number of aryl methyl sites for hydroxylation is 2. The van der Waals surface area contributed by atoms with Gasteiger partial charge in [-0.05, 0) is 42.2 Å². The second-order valence-corrected chi connectivity index (χ2v) is 5.38. The van der Waals surface area contributed by atoms with Crippen LogP contribution in [0.5, 0.6) is 0 Å². The third kappa shape index (κ3) is 3.43. The minimum atomic E-state index is 0.593. The second-order valence-electron chi connectivity index (χ2n) is 4.56. The smallest absolute Gasteiger partial charge is 0.0595 e. The van der Waals surface area contributed by atoms with E-state index in [0.29, 0.717) is 10.0 Å². The highest BCUT2D eigenvalue weighted by Crippen LogP contribution is 2.25. The Balaban J connectivity index is 2.16. The molecular formula is C16H17Cl2N. The van der Waals surface area contributed by atoms with Crippen molar-refractivity contribution < 1.29 is 0 Å². The van der Waals surface area contributed by atoms with Crippen molar-refractivity contribution in [3.05, 3.63) is 63.1 Å². The molecule has 0 saturated heterocycles. The summed E-state index contributed by atoms with van der Waals surface area (Å²) in [6.07, 6.45) is 1.02. The summed E-state index contributed by atoms with van der Waals surface area (Å²) in [7, 11) is 0. The van der Waals surface area contributed by atoms with Gasteiger partial charge in [-0.3, -0.25) is 0 Å². The monoisotopic (exact) mass is 293 g/mol. The standard InChI is InChI=1S/C16H17Cl2N/c1-3-13-6-4-5-11(2)16(13)19-10-12-7-8-14(17)15(18)9-12/h4-9,19H,3,10H2,1-2H3. The largest absolute Gasteiger partial charge is 0.381 e. The summed E-state index contributed by atoms with van der Waals surface area (Å²) in [6.45, 7) is 5.03. The molecule has 0 saturated carbocycles. The van der Waals surface area contributed by atoms with Crippen molar-refractivity contribution in [2.24, 2.45) is 0 Å². The Morgan fingerprint density at radius 1 is 1.05 bits per heavy atom. The lowest BCUT2D eigenvalue weighted by atomic mass is 10.1. The number of halogens is 2. The van der Waals surface area contributed by atoms with Gasteiger partial charge in [-0.1, -0.05) is 54.4 Å². The molecule has 0 spiro atoms. The molecule has 0 aliphatic carbocycles. The second kappa shape index (κ2) is 6.31. The molecule has 0 aromatic heterocycles. The van der Waals surface area contributed by atoms with Gasteiger partial charge in [0, 0.05) is 12.2 Å². The average molecular weight is 294 g/mol. The van der Waals surface area contributed by atoms with Crippen molar-refractivity contribution in [3.8, 4) is 0 Å². The van der Waals surface area contributed by atoms with Crippen LogP contribution in [0.25, 0.3) is 0 Å². The van der Waals surface area contributed by atoms with Crippen LogP contribution in [0.3, 0.4) is 0 Å². The highest BCUT2D eigenvalue weighted by Gasteiger charge is 2.04. The molecule has 2 aromatic rings. The summed E-state index contributed by atoms with van der Waals surface area (Å²) in [6, 6.07) is 12.1. The predicted molar refractivity (Wildman–Crippen MR) is 84.3 cm³/mol. The van der Waals surface area contributed by atoms with E-state index < -0.39 is 0 Å². The molecule has 2 aromatic carbocycles. The van der Waals surface area contributed by atoms with E-state index in [-0.39, 0.29) is 0 Å². The molecule has 0 unspecified atom stereocenters. The number of benzene rings is 2. The molecule has 0 bridgehead atoms. The van der Waals surface area contributed by atoms with Gasteiger partial charge in [0.15, 0.2) is 0 Å². The van der Waals surface area contributed by atoms with E-state index in [9.17, 15) is 0 Å². The Bertz CT molecular complexity index is 579. The Hall–Kier alpha value is -1.18. The molecular weight excluding hydrogens is 277 g/mol. The first kappa shape index (κ1) is 14.2. The van der Waals surface area contributed by atoms with Gasteiger partial charge in [-0.25, -0.2) is 0 Å². The maximum atomic E-state index is 6.03. The molecule has 2 rings (SSSR count). The normalized spacial score (nSPS) is 10.5. The van der Waals surface area contributed by atoms with Crippen LogP contribution < -0.4 is 5.32 Å². The van der Waals surface area contributed by atoms with Crippen molar-refractivity contribution >= 4 is 28.9 Å². The lowest BCUT2D eigenvalue weighted by Gasteiger charge is -2.14. The first-order valence-corrected chi connectivity index (χ1v) is 7.13. The van der Waals surface area contributed by atoms with E-state index >= 15 is 0 Å². The van der Waals surface area contributed by atoms with Crippen molar-refractivity contribution in [2.45, 2.75) is 26.8 Å². The highest BCUT2D eigenvalue weighted by molar-refractivity contribution is 6.42. The van der Waals surface area contributed by atoms with Gasteiger partial charge >= 0.3 is 0 Å². The van der Waals surface area contributed by atoms with Gasteiger partial charge in [0.25, 0.3) is 0 Å². The highest BCUT2D eigenvalue weighted by atomic mass is 35.5. The summed E-state index contributed by atoms with van der Waals surface area (Å²) in [5.41, 5.74) is 4.94. The first-order valence-electron chi connectivity index (χ1n) is 6.38. The van der Waals surface area contributed by atoms with Crippen LogP contribution >= 0.6 is 23.2 Å². The van der Waals surface area contributed by atoms with Crippen LogP contribution in [-0.4, -0.2) is 0 Å². The molecule has 3 heteroatoms. The number of para-hydroxylation sites is 1. The van der Waals surface area contributed by atoms with E-state index in [1.807, 2.05) is 18.2 Å². The fraction of sp³-hybridized carbons (Fsp3) is 0.250. The van der Waals surface area contributed by atoms with Crippen LogP contribution in [0.1, 0.15) is 23.6 Å². The van der Waals surface area contributed by atoms with Crippen LogP contribution in [0.2, 0.25) is 10.0 Å². The third-order valence-electron chi connectivity index (χ3n) is 3.19. The molecule has 0 heterocycles. The van der Waals surface area contributed by atoms with Gasteiger partial charge < -0.3 is 5.32 Å². The zero-order valence-electron chi connectivity index (χ0n) is 11.1. The van der Waals surface area contributed by atoms with Crippen LogP contribution in [0.4, 0.5) is 5.69 Å². The topological polar surface area (TPSA) is 12.0 Å². The van der Waals surface area contributed by atoms with Crippen molar-refractivity contribution in [2.75, 3.05) is 5.32 Å². The van der Waals surface area contributed by atoms with Crippen molar-refractivity contribution in [1.29, 1.82) is 0 Å².